The molecule has 0 unspecified atom stereocenters. The minimum absolute atomic E-state index is 0.00450. The first-order valence-electron chi connectivity index (χ1n) is 10.1. The van der Waals surface area contributed by atoms with Gasteiger partial charge in [0.05, 0.1) is 19.1 Å². The summed E-state index contributed by atoms with van der Waals surface area (Å²) >= 11 is 0. The molecule has 1 aliphatic rings. The van der Waals surface area contributed by atoms with E-state index in [0.717, 1.165) is 5.56 Å². The first kappa shape index (κ1) is 20.0. The van der Waals surface area contributed by atoms with Gasteiger partial charge in [0.1, 0.15) is 5.76 Å². The van der Waals surface area contributed by atoms with Crippen molar-refractivity contribution in [2.45, 2.75) is 12.2 Å². The summed E-state index contributed by atoms with van der Waals surface area (Å²) in [7, 11) is 1.45. The topological polar surface area (TPSA) is 98.4 Å². The van der Waals surface area contributed by atoms with Crippen molar-refractivity contribution in [3.63, 3.8) is 0 Å². The number of methoxy groups -OCH3 is 1. The van der Waals surface area contributed by atoms with Crippen LogP contribution in [0, 0.1) is 0 Å². The van der Waals surface area contributed by atoms with E-state index in [-0.39, 0.29) is 34.9 Å². The van der Waals surface area contributed by atoms with Crippen molar-refractivity contribution < 1.29 is 28.8 Å². The van der Waals surface area contributed by atoms with E-state index in [9.17, 15) is 15.0 Å². The second-order valence-electron chi connectivity index (χ2n) is 7.42. The highest BCUT2D eigenvalue weighted by Crippen LogP contribution is 2.45. The molecule has 3 aromatic carbocycles. The number of ether oxygens (including phenoxy) is 3. The fraction of sp³-hybridized carbons (Fsp3) is 0.160. The van der Waals surface area contributed by atoms with Crippen molar-refractivity contribution >= 4 is 11.0 Å². The van der Waals surface area contributed by atoms with Crippen LogP contribution >= 0.6 is 0 Å². The second kappa shape index (κ2) is 7.94. The molecule has 0 saturated heterocycles. The minimum Gasteiger partial charge on any atom is -0.504 e. The Balaban J connectivity index is 1.62. The van der Waals surface area contributed by atoms with Crippen LogP contribution in [0.1, 0.15) is 11.7 Å². The maximum atomic E-state index is 12.8. The normalized spacial score (nSPS) is 17.3. The zero-order valence-corrected chi connectivity index (χ0v) is 17.1. The number of fused-ring (bicyclic) bond motifs is 3. The summed E-state index contributed by atoms with van der Waals surface area (Å²) in [6.07, 6.45) is -1.43. The van der Waals surface area contributed by atoms with Gasteiger partial charge in [-0.1, -0.05) is 36.4 Å². The molecule has 7 heteroatoms. The summed E-state index contributed by atoms with van der Waals surface area (Å²) in [5.41, 5.74) is 1.47. The zero-order chi connectivity index (χ0) is 22.2. The van der Waals surface area contributed by atoms with Crippen LogP contribution in [0.4, 0.5) is 0 Å². The van der Waals surface area contributed by atoms with Gasteiger partial charge >= 0.3 is 0 Å². The summed E-state index contributed by atoms with van der Waals surface area (Å²) in [6.45, 7) is -0.341. The maximum absolute atomic E-state index is 12.8. The number of benzene rings is 3. The molecule has 4 aromatic rings. The standard InChI is InChI=1S/C25H20O7/c1-29-21-11-15(7-9-17(21)27)23-22(13-26)32-25-19(30-23)10-8-16-18(28)12-20(31-24(16)25)14-5-3-2-4-6-14/h2-12,22-23,26-27H,13H2,1H3/t22-,23-/m0/s1. The van der Waals surface area contributed by atoms with E-state index >= 15 is 0 Å². The van der Waals surface area contributed by atoms with Crippen LogP contribution in [0.25, 0.3) is 22.3 Å². The summed E-state index contributed by atoms with van der Waals surface area (Å²) in [5, 5.41) is 20.3. The lowest BCUT2D eigenvalue weighted by molar-refractivity contribution is -0.0118. The smallest absolute Gasteiger partial charge is 0.205 e. The molecule has 5 rings (SSSR count). The van der Waals surface area contributed by atoms with E-state index < -0.39 is 12.2 Å². The molecule has 162 valence electrons. The maximum Gasteiger partial charge on any atom is 0.205 e. The first-order valence-corrected chi connectivity index (χ1v) is 10.1. The number of rotatable bonds is 4. The van der Waals surface area contributed by atoms with Gasteiger partial charge in [0.25, 0.3) is 0 Å². The quantitative estimate of drug-likeness (QED) is 0.502. The number of aliphatic hydroxyl groups is 1. The summed E-state index contributed by atoms with van der Waals surface area (Å²) in [6, 6.07) is 18.8. The van der Waals surface area contributed by atoms with Gasteiger partial charge in [-0.25, -0.2) is 0 Å². The monoisotopic (exact) mass is 432 g/mol. The van der Waals surface area contributed by atoms with Crippen LogP contribution < -0.4 is 19.6 Å². The van der Waals surface area contributed by atoms with Gasteiger partial charge in [-0.3, -0.25) is 4.79 Å². The lowest BCUT2D eigenvalue weighted by atomic mass is 10.0. The van der Waals surface area contributed by atoms with Gasteiger partial charge in [-0.15, -0.1) is 0 Å². The lowest BCUT2D eigenvalue weighted by Crippen LogP contribution is -2.36. The third-order valence-corrected chi connectivity index (χ3v) is 5.45. The van der Waals surface area contributed by atoms with Crippen molar-refractivity contribution in [2.24, 2.45) is 0 Å². The minimum atomic E-state index is -0.770. The van der Waals surface area contributed by atoms with Gasteiger partial charge in [0.2, 0.25) is 5.75 Å². The average molecular weight is 432 g/mol. The molecule has 2 heterocycles. The van der Waals surface area contributed by atoms with Gasteiger partial charge in [0, 0.05) is 17.2 Å². The molecule has 2 N–H and O–H groups in total. The highest BCUT2D eigenvalue weighted by atomic mass is 16.6. The van der Waals surface area contributed by atoms with Crippen LogP contribution in [0.15, 0.2) is 75.9 Å². The Labute approximate surface area is 183 Å². The molecule has 1 aromatic heterocycles. The number of phenolic OH excluding ortho intramolecular Hbond substituents is 1. The van der Waals surface area contributed by atoms with E-state index in [4.69, 9.17) is 18.6 Å². The van der Waals surface area contributed by atoms with E-state index in [1.165, 1.54) is 19.2 Å². The Morgan fingerprint density at radius 2 is 1.81 bits per heavy atom. The third kappa shape index (κ3) is 3.33. The fourth-order valence-corrected chi connectivity index (χ4v) is 3.84. The first-order chi connectivity index (χ1) is 15.6. The van der Waals surface area contributed by atoms with E-state index in [2.05, 4.69) is 0 Å². The molecule has 0 aliphatic carbocycles. The molecular formula is C25H20O7. The zero-order valence-electron chi connectivity index (χ0n) is 17.1. The summed E-state index contributed by atoms with van der Waals surface area (Å²) in [4.78, 5) is 12.8. The predicted octanol–water partition coefficient (Wildman–Crippen LogP) is 4.05. The van der Waals surface area contributed by atoms with Gasteiger partial charge in [-0.2, -0.15) is 0 Å². The van der Waals surface area contributed by atoms with Crippen molar-refractivity contribution in [1.29, 1.82) is 0 Å². The highest BCUT2D eigenvalue weighted by Gasteiger charge is 2.35. The molecule has 0 saturated carbocycles. The fourth-order valence-electron chi connectivity index (χ4n) is 3.84. The number of hydrogen-bond acceptors (Lipinski definition) is 7. The van der Waals surface area contributed by atoms with Crippen LogP contribution in [0.3, 0.4) is 0 Å². The van der Waals surface area contributed by atoms with Gasteiger partial charge in [0.15, 0.2) is 40.5 Å². The van der Waals surface area contributed by atoms with Gasteiger partial charge < -0.3 is 28.8 Å². The average Bonchev–Trinajstić information content (AvgIpc) is 2.83. The van der Waals surface area contributed by atoms with Crippen molar-refractivity contribution in [3.05, 3.63) is 82.5 Å². The highest BCUT2D eigenvalue weighted by molar-refractivity contribution is 5.87. The second-order valence-corrected chi connectivity index (χ2v) is 7.42. The van der Waals surface area contributed by atoms with E-state index in [0.29, 0.717) is 22.5 Å². The van der Waals surface area contributed by atoms with Gasteiger partial charge in [-0.05, 0) is 24.3 Å². The van der Waals surface area contributed by atoms with Crippen molar-refractivity contribution in [3.8, 4) is 34.3 Å². The number of aliphatic hydroxyl groups excluding tert-OH is 1. The van der Waals surface area contributed by atoms with Crippen molar-refractivity contribution in [2.75, 3.05) is 13.7 Å². The van der Waals surface area contributed by atoms with Crippen LogP contribution in [0.5, 0.6) is 23.0 Å². The SMILES string of the molecule is COc1cc([C@@H]2Oc3ccc4c(=O)cc(-c5ccccc5)oc4c3O[C@H]2CO)ccc1O. The summed E-state index contributed by atoms with van der Waals surface area (Å²) in [5.74, 6) is 1.33. The van der Waals surface area contributed by atoms with Crippen LogP contribution in [-0.2, 0) is 0 Å². The third-order valence-electron chi connectivity index (χ3n) is 5.45. The Kier molecular flexibility index (Phi) is 4.95. The largest absolute Gasteiger partial charge is 0.504 e. The number of phenols is 1. The van der Waals surface area contributed by atoms with Crippen molar-refractivity contribution in [1.82, 2.24) is 0 Å². The number of hydrogen-bond donors (Lipinski definition) is 2. The summed E-state index contributed by atoms with van der Waals surface area (Å²) < 4.78 is 23.5. The molecule has 0 bridgehead atoms. The molecule has 0 fully saturated rings. The molecule has 0 amide bonds. The molecule has 2 atom stereocenters. The predicted molar refractivity (Wildman–Crippen MR) is 117 cm³/mol. The molecule has 7 nitrogen and oxygen atoms in total. The molecule has 1 aliphatic heterocycles. The Morgan fingerprint density at radius 1 is 1.00 bits per heavy atom. The number of aromatic hydroxyl groups is 1. The van der Waals surface area contributed by atoms with Crippen LogP contribution in [-0.4, -0.2) is 30.0 Å². The molecular weight excluding hydrogens is 412 g/mol. The Bertz CT molecular complexity index is 1340. The van der Waals surface area contributed by atoms with Crippen LogP contribution in [0.2, 0.25) is 0 Å². The molecule has 32 heavy (non-hydrogen) atoms. The van der Waals surface area contributed by atoms with E-state index in [1.807, 2.05) is 30.3 Å². The Morgan fingerprint density at radius 3 is 2.56 bits per heavy atom. The van der Waals surface area contributed by atoms with E-state index in [1.54, 1.807) is 24.3 Å². The Hall–Kier alpha value is -3.97. The molecule has 0 radical (unpaired) electrons. The lowest BCUT2D eigenvalue weighted by Gasteiger charge is -2.33. The molecule has 0 spiro atoms.